The minimum absolute atomic E-state index is 0.285. The molecule has 1 aromatic heterocycles. The zero-order valence-electron chi connectivity index (χ0n) is 5.37. The van der Waals surface area contributed by atoms with E-state index in [9.17, 15) is 0 Å². The SMILES string of the molecule is N#CC1(c2cocn2)CC1. The molecule has 0 radical (unpaired) electrons. The van der Waals surface area contributed by atoms with Crippen LogP contribution in [0.5, 0.6) is 0 Å². The lowest BCUT2D eigenvalue weighted by molar-refractivity contribution is 0.555. The highest BCUT2D eigenvalue weighted by atomic mass is 16.3. The Labute approximate surface area is 58.3 Å². The fourth-order valence-electron chi connectivity index (χ4n) is 0.999. The van der Waals surface area contributed by atoms with E-state index in [0.717, 1.165) is 18.5 Å². The van der Waals surface area contributed by atoms with Gasteiger partial charge in [-0.3, -0.25) is 0 Å². The molecule has 1 aliphatic carbocycles. The van der Waals surface area contributed by atoms with Crippen LogP contribution < -0.4 is 0 Å². The molecule has 0 aliphatic heterocycles. The van der Waals surface area contributed by atoms with Crippen molar-refractivity contribution in [2.45, 2.75) is 18.3 Å². The first kappa shape index (κ1) is 5.48. The quantitative estimate of drug-likeness (QED) is 0.580. The lowest BCUT2D eigenvalue weighted by Gasteiger charge is -1.94. The second-order valence-corrected chi connectivity index (χ2v) is 2.57. The first-order valence-electron chi connectivity index (χ1n) is 3.17. The molecule has 0 unspecified atom stereocenters. The molecule has 0 spiro atoms. The molecular formula is C7H6N2O. The summed E-state index contributed by atoms with van der Waals surface area (Å²) in [5.41, 5.74) is 0.502. The molecule has 1 aliphatic rings. The average molecular weight is 134 g/mol. The highest BCUT2D eigenvalue weighted by molar-refractivity contribution is 5.31. The molecule has 0 aromatic carbocycles. The average Bonchev–Trinajstić information content (AvgIpc) is 2.58. The van der Waals surface area contributed by atoms with Gasteiger partial charge in [0.1, 0.15) is 11.7 Å². The van der Waals surface area contributed by atoms with Crippen LogP contribution in [0, 0.1) is 11.3 Å². The van der Waals surface area contributed by atoms with Crippen molar-refractivity contribution in [2.75, 3.05) is 0 Å². The van der Waals surface area contributed by atoms with E-state index in [1.165, 1.54) is 6.39 Å². The van der Waals surface area contributed by atoms with E-state index in [4.69, 9.17) is 9.68 Å². The van der Waals surface area contributed by atoms with Gasteiger partial charge in [0.25, 0.3) is 0 Å². The summed E-state index contributed by atoms with van der Waals surface area (Å²) in [5.74, 6) is 0. The van der Waals surface area contributed by atoms with Gasteiger partial charge in [0, 0.05) is 0 Å². The van der Waals surface area contributed by atoms with Crippen molar-refractivity contribution in [3.63, 3.8) is 0 Å². The minimum atomic E-state index is -0.285. The normalized spacial score (nSPS) is 19.9. The van der Waals surface area contributed by atoms with Crippen LogP contribution in [0.3, 0.4) is 0 Å². The molecule has 0 bridgehead atoms. The van der Waals surface area contributed by atoms with Crippen LogP contribution in [0.1, 0.15) is 18.5 Å². The van der Waals surface area contributed by atoms with E-state index in [2.05, 4.69) is 11.1 Å². The predicted octanol–water partition coefficient (Wildman–Crippen LogP) is 1.23. The van der Waals surface area contributed by atoms with Gasteiger partial charge in [-0.1, -0.05) is 0 Å². The number of aromatic nitrogens is 1. The number of hydrogen-bond donors (Lipinski definition) is 0. The Balaban J connectivity index is 2.38. The van der Waals surface area contributed by atoms with Gasteiger partial charge in [0.15, 0.2) is 6.39 Å². The molecule has 50 valence electrons. The summed E-state index contributed by atoms with van der Waals surface area (Å²) in [5, 5.41) is 8.70. The summed E-state index contributed by atoms with van der Waals surface area (Å²) >= 11 is 0. The number of oxazole rings is 1. The highest BCUT2D eigenvalue weighted by Crippen LogP contribution is 2.46. The second-order valence-electron chi connectivity index (χ2n) is 2.57. The second kappa shape index (κ2) is 1.60. The summed E-state index contributed by atoms with van der Waals surface area (Å²) in [7, 11) is 0. The van der Waals surface area contributed by atoms with Gasteiger partial charge in [0.05, 0.1) is 11.8 Å². The van der Waals surface area contributed by atoms with Crippen LogP contribution in [0.25, 0.3) is 0 Å². The highest BCUT2D eigenvalue weighted by Gasteiger charge is 2.47. The van der Waals surface area contributed by atoms with Crippen molar-refractivity contribution < 1.29 is 4.42 Å². The summed E-state index contributed by atoms with van der Waals surface area (Å²) in [6, 6.07) is 2.23. The van der Waals surface area contributed by atoms with Gasteiger partial charge in [-0.05, 0) is 12.8 Å². The van der Waals surface area contributed by atoms with E-state index in [1.807, 2.05) is 0 Å². The maximum atomic E-state index is 8.70. The molecule has 2 rings (SSSR count). The molecule has 1 fully saturated rings. The Morgan fingerprint density at radius 1 is 1.70 bits per heavy atom. The van der Waals surface area contributed by atoms with E-state index in [0.29, 0.717) is 0 Å². The Hall–Kier alpha value is -1.30. The van der Waals surface area contributed by atoms with Crippen LogP contribution >= 0.6 is 0 Å². The first-order chi connectivity index (χ1) is 4.87. The van der Waals surface area contributed by atoms with Gasteiger partial charge < -0.3 is 4.42 Å². The zero-order valence-corrected chi connectivity index (χ0v) is 5.37. The number of nitrogens with zero attached hydrogens (tertiary/aromatic N) is 2. The van der Waals surface area contributed by atoms with Gasteiger partial charge in [-0.15, -0.1) is 0 Å². The van der Waals surface area contributed by atoms with E-state index >= 15 is 0 Å². The van der Waals surface area contributed by atoms with Gasteiger partial charge in [-0.2, -0.15) is 5.26 Å². The van der Waals surface area contributed by atoms with Gasteiger partial charge in [0.2, 0.25) is 0 Å². The molecule has 1 aromatic rings. The first-order valence-corrected chi connectivity index (χ1v) is 3.17. The molecular weight excluding hydrogens is 128 g/mol. The summed E-state index contributed by atoms with van der Waals surface area (Å²) < 4.78 is 4.78. The van der Waals surface area contributed by atoms with Crippen molar-refractivity contribution in [3.05, 3.63) is 18.4 Å². The third-order valence-corrected chi connectivity index (χ3v) is 1.89. The molecule has 1 saturated carbocycles. The van der Waals surface area contributed by atoms with Crippen molar-refractivity contribution >= 4 is 0 Å². The van der Waals surface area contributed by atoms with Crippen molar-refractivity contribution in [2.24, 2.45) is 0 Å². The summed E-state index contributed by atoms with van der Waals surface area (Å²) in [4.78, 5) is 3.93. The molecule has 0 N–H and O–H groups in total. The molecule has 0 atom stereocenters. The monoisotopic (exact) mass is 134 g/mol. The maximum Gasteiger partial charge on any atom is 0.180 e. The Bertz CT molecular complexity index is 266. The molecule has 1 heterocycles. The van der Waals surface area contributed by atoms with E-state index in [1.54, 1.807) is 6.26 Å². The molecule has 10 heavy (non-hydrogen) atoms. The molecule has 3 heteroatoms. The van der Waals surface area contributed by atoms with Crippen molar-refractivity contribution in [1.29, 1.82) is 5.26 Å². The van der Waals surface area contributed by atoms with Crippen LogP contribution in [0.2, 0.25) is 0 Å². The number of nitriles is 1. The van der Waals surface area contributed by atoms with Gasteiger partial charge >= 0.3 is 0 Å². The predicted molar refractivity (Wildman–Crippen MR) is 33.0 cm³/mol. The third-order valence-electron chi connectivity index (χ3n) is 1.89. The fourth-order valence-corrected chi connectivity index (χ4v) is 0.999. The van der Waals surface area contributed by atoms with Crippen LogP contribution in [-0.2, 0) is 5.41 Å². The number of rotatable bonds is 1. The molecule has 0 saturated heterocycles. The largest absolute Gasteiger partial charge is 0.451 e. The third kappa shape index (κ3) is 0.561. The summed E-state index contributed by atoms with van der Waals surface area (Å²) in [6.07, 6.45) is 4.77. The van der Waals surface area contributed by atoms with Crippen molar-refractivity contribution in [1.82, 2.24) is 4.98 Å². The van der Waals surface area contributed by atoms with E-state index < -0.39 is 0 Å². The zero-order chi connectivity index (χ0) is 7.03. The maximum absolute atomic E-state index is 8.70. The Morgan fingerprint density at radius 3 is 2.90 bits per heavy atom. The van der Waals surface area contributed by atoms with Crippen molar-refractivity contribution in [3.8, 4) is 6.07 Å². The Kier molecular flexibility index (Phi) is 0.877. The lowest BCUT2D eigenvalue weighted by atomic mass is 10.1. The number of hydrogen-bond acceptors (Lipinski definition) is 3. The fraction of sp³-hybridized carbons (Fsp3) is 0.429. The van der Waals surface area contributed by atoms with Gasteiger partial charge in [-0.25, -0.2) is 4.98 Å². The standard InChI is InChI=1S/C7H6N2O/c8-4-7(1-2-7)6-3-10-5-9-6/h3,5H,1-2H2. The van der Waals surface area contributed by atoms with Crippen LogP contribution in [0.4, 0.5) is 0 Å². The lowest BCUT2D eigenvalue weighted by Crippen LogP contribution is -2.01. The molecule has 0 amide bonds. The minimum Gasteiger partial charge on any atom is -0.451 e. The Morgan fingerprint density at radius 2 is 2.50 bits per heavy atom. The van der Waals surface area contributed by atoms with E-state index in [-0.39, 0.29) is 5.41 Å². The smallest absolute Gasteiger partial charge is 0.180 e. The van der Waals surface area contributed by atoms with Crippen LogP contribution in [0.15, 0.2) is 17.1 Å². The topological polar surface area (TPSA) is 49.8 Å². The van der Waals surface area contributed by atoms with Crippen LogP contribution in [-0.4, -0.2) is 4.98 Å². The molecule has 3 nitrogen and oxygen atoms in total. The summed E-state index contributed by atoms with van der Waals surface area (Å²) in [6.45, 7) is 0.